The van der Waals surface area contributed by atoms with Crippen molar-refractivity contribution in [2.75, 3.05) is 6.54 Å². The van der Waals surface area contributed by atoms with Crippen LogP contribution in [0.2, 0.25) is 0 Å². The topological polar surface area (TPSA) is 92.4 Å². The van der Waals surface area contributed by atoms with Gasteiger partial charge in [0, 0.05) is 13.0 Å². The summed E-state index contributed by atoms with van der Waals surface area (Å²) in [6, 6.07) is -0.719. The standard InChI is InChI=1S/C12H20N2O3/c13-10(5-6-11(15)16)12(17)14-8-7-9-3-1-2-4-9/h3,10H,1-2,4-8,13H2,(H,14,17)(H,15,16). The van der Waals surface area contributed by atoms with Gasteiger partial charge in [0.2, 0.25) is 5.91 Å². The Bertz CT molecular complexity index is 313. The molecule has 4 N–H and O–H groups in total. The molecule has 0 radical (unpaired) electrons. The van der Waals surface area contributed by atoms with Crippen LogP contribution >= 0.6 is 0 Å². The highest BCUT2D eigenvalue weighted by atomic mass is 16.4. The highest BCUT2D eigenvalue weighted by molar-refractivity contribution is 5.82. The molecule has 17 heavy (non-hydrogen) atoms. The first kappa shape index (κ1) is 13.7. The molecule has 0 aromatic heterocycles. The van der Waals surface area contributed by atoms with Crippen molar-refractivity contribution in [3.8, 4) is 0 Å². The molecule has 1 unspecified atom stereocenters. The number of hydrogen-bond acceptors (Lipinski definition) is 3. The molecule has 0 aliphatic heterocycles. The van der Waals surface area contributed by atoms with Gasteiger partial charge in [-0.25, -0.2) is 0 Å². The zero-order chi connectivity index (χ0) is 12.7. The van der Waals surface area contributed by atoms with E-state index in [4.69, 9.17) is 10.8 Å². The van der Waals surface area contributed by atoms with Gasteiger partial charge in [0.1, 0.15) is 0 Å². The molecule has 0 aromatic carbocycles. The summed E-state index contributed by atoms with van der Waals surface area (Å²) in [5.74, 6) is -1.19. The maximum absolute atomic E-state index is 11.5. The number of carbonyl (C=O) groups is 2. The van der Waals surface area contributed by atoms with Gasteiger partial charge in [-0.2, -0.15) is 0 Å². The molecule has 5 heteroatoms. The molecule has 96 valence electrons. The Morgan fingerprint density at radius 2 is 2.29 bits per heavy atom. The number of aliphatic carboxylic acids is 1. The summed E-state index contributed by atoms with van der Waals surface area (Å²) in [5, 5.41) is 11.2. The number of carboxylic acid groups (broad SMARTS) is 1. The number of rotatable bonds is 7. The number of nitrogens with two attached hydrogens (primary N) is 1. The van der Waals surface area contributed by atoms with Gasteiger partial charge in [0.05, 0.1) is 6.04 Å². The largest absolute Gasteiger partial charge is 0.481 e. The van der Waals surface area contributed by atoms with E-state index in [2.05, 4.69) is 11.4 Å². The maximum atomic E-state index is 11.5. The lowest BCUT2D eigenvalue weighted by Gasteiger charge is -2.11. The smallest absolute Gasteiger partial charge is 0.303 e. The Morgan fingerprint density at radius 1 is 1.53 bits per heavy atom. The molecule has 0 fully saturated rings. The van der Waals surface area contributed by atoms with E-state index in [1.807, 2.05) is 0 Å². The summed E-state index contributed by atoms with van der Waals surface area (Å²) >= 11 is 0. The summed E-state index contributed by atoms with van der Waals surface area (Å²) in [6.45, 7) is 0.589. The lowest BCUT2D eigenvalue weighted by Crippen LogP contribution is -2.41. The molecule has 1 amide bonds. The third-order valence-corrected chi connectivity index (χ3v) is 2.89. The third-order valence-electron chi connectivity index (χ3n) is 2.89. The van der Waals surface area contributed by atoms with Gasteiger partial charge >= 0.3 is 5.97 Å². The lowest BCUT2D eigenvalue weighted by atomic mass is 10.1. The van der Waals surface area contributed by atoms with Crippen molar-refractivity contribution in [1.29, 1.82) is 0 Å². The molecule has 1 rings (SSSR count). The van der Waals surface area contributed by atoms with Gasteiger partial charge in [-0.15, -0.1) is 0 Å². The Morgan fingerprint density at radius 3 is 2.88 bits per heavy atom. The minimum Gasteiger partial charge on any atom is -0.481 e. The molecule has 0 saturated carbocycles. The van der Waals surface area contributed by atoms with Crippen LogP contribution < -0.4 is 11.1 Å². The van der Waals surface area contributed by atoms with Crippen molar-refractivity contribution < 1.29 is 14.7 Å². The number of allylic oxidation sites excluding steroid dienone is 1. The summed E-state index contributed by atoms with van der Waals surface area (Å²) in [4.78, 5) is 21.8. The first-order valence-corrected chi connectivity index (χ1v) is 6.02. The zero-order valence-corrected chi connectivity index (χ0v) is 9.95. The Hall–Kier alpha value is -1.36. The van der Waals surface area contributed by atoms with Crippen LogP contribution in [-0.4, -0.2) is 29.6 Å². The van der Waals surface area contributed by atoms with E-state index in [9.17, 15) is 9.59 Å². The number of carboxylic acids is 1. The number of carbonyl (C=O) groups excluding carboxylic acids is 1. The Balaban J connectivity index is 2.12. The molecule has 1 aliphatic rings. The molecule has 0 bridgehead atoms. The average molecular weight is 240 g/mol. The monoisotopic (exact) mass is 240 g/mol. The predicted molar refractivity (Wildman–Crippen MR) is 64.4 cm³/mol. The van der Waals surface area contributed by atoms with Crippen molar-refractivity contribution in [2.24, 2.45) is 5.73 Å². The third kappa shape index (κ3) is 5.49. The van der Waals surface area contributed by atoms with Crippen LogP contribution in [0.5, 0.6) is 0 Å². The van der Waals surface area contributed by atoms with Crippen LogP contribution in [0.4, 0.5) is 0 Å². The molecule has 0 aromatic rings. The number of amides is 1. The Labute approximate surface area is 101 Å². The van der Waals surface area contributed by atoms with Crippen LogP contribution in [0.3, 0.4) is 0 Å². The quantitative estimate of drug-likeness (QED) is 0.574. The second-order valence-corrected chi connectivity index (χ2v) is 4.33. The van der Waals surface area contributed by atoms with Crippen LogP contribution in [0.25, 0.3) is 0 Å². The summed E-state index contributed by atoms with van der Waals surface area (Å²) in [6.07, 6.45) is 6.68. The minimum atomic E-state index is -0.927. The van der Waals surface area contributed by atoms with Crippen molar-refractivity contribution >= 4 is 11.9 Å². The normalized spacial score (nSPS) is 16.4. The van der Waals surface area contributed by atoms with Gasteiger partial charge in [0.25, 0.3) is 0 Å². The molecular weight excluding hydrogens is 220 g/mol. The molecule has 5 nitrogen and oxygen atoms in total. The lowest BCUT2D eigenvalue weighted by molar-refractivity contribution is -0.137. The van der Waals surface area contributed by atoms with Gasteiger partial charge in [-0.05, 0) is 32.1 Å². The highest BCUT2D eigenvalue weighted by Gasteiger charge is 2.14. The fourth-order valence-corrected chi connectivity index (χ4v) is 1.85. The van der Waals surface area contributed by atoms with Crippen molar-refractivity contribution in [2.45, 2.75) is 44.6 Å². The average Bonchev–Trinajstić information content (AvgIpc) is 2.78. The Kier molecular flexibility index (Phi) is 5.69. The molecule has 0 saturated heterocycles. The number of hydrogen-bond donors (Lipinski definition) is 3. The van der Waals surface area contributed by atoms with Crippen molar-refractivity contribution in [3.63, 3.8) is 0 Å². The molecule has 0 heterocycles. The fraction of sp³-hybridized carbons (Fsp3) is 0.667. The second kappa shape index (κ2) is 7.06. The van der Waals surface area contributed by atoms with Crippen molar-refractivity contribution in [3.05, 3.63) is 11.6 Å². The van der Waals surface area contributed by atoms with E-state index in [1.165, 1.54) is 12.0 Å². The van der Waals surface area contributed by atoms with Crippen LogP contribution in [0.1, 0.15) is 38.5 Å². The second-order valence-electron chi connectivity index (χ2n) is 4.33. The van der Waals surface area contributed by atoms with E-state index >= 15 is 0 Å². The number of nitrogens with one attached hydrogen (secondary N) is 1. The van der Waals surface area contributed by atoms with Crippen LogP contribution in [0.15, 0.2) is 11.6 Å². The first-order valence-electron chi connectivity index (χ1n) is 6.02. The van der Waals surface area contributed by atoms with Gasteiger partial charge in [-0.1, -0.05) is 11.6 Å². The van der Waals surface area contributed by atoms with Gasteiger partial charge in [-0.3, -0.25) is 9.59 Å². The summed E-state index contributed by atoms with van der Waals surface area (Å²) < 4.78 is 0. The fourth-order valence-electron chi connectivity index (χ4n) is 1.85. The van der Waals surface area contributed by atoms with E-state index in [1.54, 1.807) is 0 Å². The van der Waals surface area contributed by atoms with Crippen molar-refractivity contribution in [1.82, 2.24) is 5.32 Å². The predicted octanol–water partition coefficient (Wildman–Crippen LogP) is 0.795. The van der Waals surface area contributed by atoms with E-state index in [0.717, 1.165) is 19.3 Å². The minimum absolute atomic E-state index is 0.0697. The van der Waals surface area contributed by atoms with E-state index < -0.39 is 12.0 Å². The van der Waals surface area contributed by atoms with Gasteiger partial charge in [0.15, 0.2) is 0 Å². The van der Waals surface area contributed by atoms with Gasteiger partial charge < -0.3 is 16.2 Å². The zero-order valence-electron chi connectivity index (χ0n) is 9.95. The molecular formula is C12H20N2O3. The van der Waals surface area contributed by atoms with Crippen LogP contribution in [0, 0.1) is 0 Å². The highest BCUT2D eigenvalue weighted by Crippen LogP contribution is 2.19. The molecule has 1 atom stereocenters. The van der Waals surface area contributed by atoms with Crippen LogP contribution in [-0.2, 0) is 9.59 Å². The SMILES string of the molecule is NC(CCC(=O)O)C(=O)NCCC1=CCCC1. The molecule has 0 spiro atoms. The first-order chi connectivity index (χ1) is 8.09. The van der Waals surface area contributed by atoms with E-state index in [-0.39, 0.29) is 18.7 Å². The summed E-state index contributed by atoms with van der Waals surface area (Å²) in [5.41, 5.74) is 6.96. The van der Waals surface area contributed by atoms with E-state index in [0.29, 0.717) is 6.54 Å². The summed E-state index contributed by atoms with van der Waals surface area (Å²) in [7, 11) is 0. The molecule has 1 aliphatic carbocycles. The maximum Gasteiger partial charge on any atom is 0.303 e.